The summed E-state index contributed by atoms with van der Waals surface area (Å²) in [6.07, 6.45) is 1.89. The Bertz CT molecular complexity index is 386. The summed E-state index contributed by atoms with van der Waals surface area (Å²) in [6.45, 7) is 3.44. The van der Waals surface area contributed by atoms with Gasteiger partial charge in [-0.15, -0.1) is 0 Å². The zero-order valence-electron chi connectivity index (χ0n) is 9.86. The Morgan fingerprint density at radius 3 is 2.76 bits per heavy atom. The molecule has 17 heavy (non-hydrogen) atoms. The first-order valence-electron chi connectivity index (χ1n) is 5.26. The molecule has 7 heteroatoms. The number of carbonyl (C=O) groups is 2. The molecule has 1 aromatic rings. The Kier molecular flexibility index (Phi) is 4.19. The summed E-state index contributed by atoms with van der Waals surface area (Å²) in [5.74, 6) is -0.581. The lowest BCUT2D eigenvalue weighted by molar-refractivity contribution is -0.149. The van der Waals surface area contributed by atoms with Crippen LogP contribution in [-0.4, -0.2) is 38.7 Å². The highest BCUT2D eigenvalue weighted by molar-refractivity contribution is 5.84. The fourth-order valence-electron chi connectivity index (χ4n) is 1.21. The number of nitrogens with zero attached hydrogens (tertiary/aromatic N) is 2. The number of amides is 1. The molecule has 0 spiro atoms. The van der Waals surface area contributed by atoms with Crippen LogP contribution in [0.4, 0.5) is 0 Å². The first-order chi connectivity index (χ1) is 7.92. The van der Waals surface area contributed by atoms with Crippen LogP contribution in [-0.2, 0) is 16.0 Å². The molecule has 0 aromatic carbocycles. The van der Waals surface area contributed by atoms with Crippen LogP contribution >= 0.6 is 0 Å². The van der Waals surface area contributed by atoms with E-state index in [2.05, 4.69) is 20.5 Å². The molecule has 0 radical (unpaired) electrons. The van der Waals surface area contributed by atoms with Crippen molar-refractivity contribution < 1.29 is 14.7 Å². The average Bonchev–Trinajstić information content (AvgIpc) is 2.69. The molecule has 0 unspecified atom stereocenters. The van der Waals surface area contributed by atoms with Crippen LogP contribution in [0.2, 0.25) is 0 Å². The zero-order valence-corrected chi connectivity index (χ0v) is 9.86. The number of H-pyrrole nitrogens is 1. The highest BCUT2D eigenvalue weighted by Crippen LogP contribution is 2.19. The number of aliphatic carboxylic acids is 1. The smallest absolute Gasteiger partial charge is 0.309 e. The van der Waals surface area contributed by atoms with Crippen molar-refractivity contribution in [2.45, 2.75) is 26.7 Å². The van der Waals surface area contributed by atoms with E-state index in [1.165, 1.54) is 20.2 Å². The van der Waals surface area contributed by atoms with Gasteiger partial charge in [0.2, 0.25) is 5.91 Å². The van der Waals surface area contributed by atoms with E-state index in [1.54, 1.807) is 0 Å². The first kappa shape index (κ1) is 13.1. The number of carboxylic acids is 1. The predicted octanol–water partition coefficient (Wildman–Crippen LogP) is -0.0357. The van der Waals surface area contributed by atoms with Crippen LogP contribution < -0.4 is 5.32 Å². The van der Waals surface area contributed by atoms with Gasteiger partial charge in [0, 0.05) is 19.4 Å². The molecule has 0 saturated heterocycles. The maximum Gasteiger partial charge on any atom is 0.309 e. The zero-order chi connectivity index (χ0) is 12.9. The highest BCUT2D eigenvalue weighted by Gasteiger charge is 2.29. The summed E-state index contributed by atoms with van der Waals surface area (Å²) in [7, 11) is 0. The number of carboxylic acid groups (broad SMARTS) is 1. The number of aromatic amines is 1. The maximum absolute atomic E-state index is 11.5. The van der Waals surface area contributed by atoms with E-state index in [0.717, 1.165) is 0 Å². The second kappa shape index (κ2) is 5.42. The fourth-order valence-corrected chi connectivity index (χ4v) is 1.21. The molecule has 1 heterocycles. The first-order valence-corrected chi connectivity index (χ1v) is 5.26. The maximum atomic E-state index is 11.5. The van der Waals surface area contributed by atoms with Gasteiger partial charge in [-0.05, 0) is 13.8 Å². The van der Waals surface area contributed by atoms with Crippen molar-refractivity contribution in [3.63, 3.8) is 0 Å². The molecule has 0 fully saturated rings. The summed E-state index contributed by atoms with van der Waals surface area (Å²) < 4.78 is 0. The molecule has 1 rings (SSSR count). The number of aromatic nitrogens is 3. The van der Waals surface area contributed by atoms with Gasteiger partial charge in [0.05, 0.1) is 5.41 Å². The SMILES string of the molecule is CC(C)(CC(=O)NCCc1ncn[nH]1)C(=O)O. The summed E-state index contributed by atoms with van der Waals surface area (Å²) in [5, 5.41) is 17.9. The lowest BCUT2D eigenvalue weighted by Crippen LogP contribution is -2.34. The van der Waals surface area contributed by atoms with Crippen LogP contribution in [0, 0.1) is 5.41 Å². The minimum atomic E-state index is -1.05. The average molecular weight is 240 g/mol. The van der Waals surface area contributed by atoms with Gasteiger partial charge in [-0.3, -0.25) is 14.7 Å². The number of rotatable bonds is 6. The largest absolute Gasteiger partial charge is 0.481 e. The summed E-state index contributed by atoms with van der Waals surface area (Å²) >= 11 is 0. The Morgan fingerprint density at radius 1 is 1.53 bits per heavy atom. The third kappa shape index (κ3) is 4.21. The number of hydrogen-bond acceptors (Lipinski definition) is 4. The lowest BCUT2D eigenvalue weighted by atomic mass is 9.89. The van der Waals surface area contributed by atoms with Crippen molar-refractivity contribution in [1.29, 1.82) is 0 Å². The second-order valence-electron chi connectivity index (χ2n) is 4.40. The van der Waals surface area contributed by atoms with Crippen LogP contribution in [0.1, 0.15) is 26.1 Å². The molecular formula is C10H16N4O3. The van der Waals surface area contributed by atoms with Crippen LogP contribution in [0.25, 0.3) is 0 Å². The van der Waals surface area contributed by atoms with E-state index >= 15 is 0 Å². The Labute approximate surface area is 98.6 Å². The molecule has 1 amide bonds. The normalized spacial score (nSPS) is 11.2. The monoisotopic (exact) mass is 240 g/mol. The molecule has 0 aliphatic carbocycles. The molecule has 7 nitrogen and oxygen atoms in total. The summed E-state index contributed by atoms with van der Waals surface area (Å²) in [6, 6.07) is 0. The van der Waals surface area contributed by atoms with E-state index in [0.29, 0.717) is 18.8 Å². The molecule has 0 aliphatic rings. The Morgan fingerprint density at radius 2 is 2.24 bits per heavy atom. The van der Waals surface area contributed by atoms with Gasteiger partial charge in [-0.1, -0.05) is 0 Å². The topological polar surface area (TPSA) is 108 Å². The quantitative estimate of drug-likeness (QED) is 0.646. The summed E-state index contributed by atoms with van der Waals surface area (Å²) in [4.78, 5) is 26.2. The van der Waals surface area contributed by atoms with E-state index in [9.17, 15) is 9.59 Å². The van der Waals surface area contributed by atoms with Crippen LogP contribution in [0.5, 0.6) is 0 Å². The second-order valence-corrected chi connectivity index (χ2v) is 4.40. The molecule has 3 N–H and O–H groups in total. The number of nitrogens with one attached hydrogen (secondary N) is 2. The standard InChI is InChI=1S/C10H16N4O3/c1-10(2,9(16)17)5-8(15)11-4-3-7-12-6-13-14-7/h6H,3-5H2,1-2H3,(H,11,15)(H,16,17)(H,12,13,14). The van der Waals surface area contributed by atoms with Crippen molar-refractivity contribution in [2.24, 2.45) is 5.41 Å². The fraction of sp³-hybridized carbons (Fsp3) is 0.600. The van der Waals surface area contributed by atoms with Gasteiger partial charge in [0.1, 0.15) is 12.2 Å². The van der Waals surface area contributed by atoms with Gasteiger partial charge in [-0.2, -0.15) is 5.10 Å². The van der Waals surface area contributed by atoms with Crippen LogP contribution in [0.15, 0.2) is 6.33 Å². The van der Waals surface area contributed by atoms with Crippen LogP contribution in [0.3, 0.4) is 0 Å². The minimum Gasteiger partial charge on any atom is -0.481 e. The van der Waals surface area contributed by atoms with Crippen molar-refractivity contribution in [3.8, 4) is 0 Å². The Balaban J connectivity index is 2.28. The minimum absolute atomic E-state index is 0.0429. The lowest BCUT2D eigenvalue weighted by Gasteiger charge is -2.17. The van der Waals surface area contributed by atoms with Gasteiger partial charge in [0.15, 0.2) is 0 Å². The highest BCUT2D eigenvalue weighted by atomic mass is 16.4. The molecule has 0 aliphatic heterocycles. The molecule has 94 valence electrons. The molecule has 1 aromatic heterocycles. The molecule has 0 saturated carbocycles. The van der Waals surface area contributed by atoms with Gasteiger partial charge < -0.3 is 10.4 Å². The number of hydrogen-bond donors (Lipinski definition) is 3. The van der Waals surface area contributed by atoms with Crippen molar-refractivity contribution in [3.05, 3.63) is 12.2 Å². The molecule has 0 bridgehead atoms. The van der Waals surface area contributed by atoms with Crippen molar-refractivity contribution >= 4 is 11.9 Å². The number of carbonyl (C=O) groups excluding carboxylic acids is 1. The summed E-state index contributed by atoms with van der Waals surface area (Å²) in [5.41, 5.74) is -1.05. The van der Waals surface area contributed by atoms with Crippen molar-refractivity contribution in [1.82, 2.24) is 20.5 Å². The molecular weight excluding hydrogens is 224 g/mol. The third-order valence-electron chi connectivity index (χ3n) is 2.33. The van der Waals surface area contributed by atoms with Gasteiger partial charge >= 0.3 is 5.97 Å². The van der Waals surface area contributed by atoms with E-state index in [1.807, 2.05) is 0 Å². The Hall–Kier alpha value is -1.92. The third-order valence-corrected chi connectivity index (χ3v) is 2.33. The van der Waals surface area contributed by atoms with Gasteiger partial charge in [0.25, 0.3) is 0 Å². The van der Waals surface area contributed by atoms with Crippen molar-refractivity contribution in [2.75, 3.05) is 6.54 Å². The van der Waals surface area contributed by atoms with E-state index in [4.69, 9.17) is 5.11 Å². The van der Waals surface area contributed by atoms with E-state index < -0.39 is 11.4 Å². The van der Waals surface area contributed by atoms with E-state index in [-0.39, 0.29) is 12.3 Å². The predicted molar refractivity (Wildman–Crippen MR) is 59.1 cm³/mol. The van der Waals surface area contributed by atoms with Gasteiger partial charge in [-0.25, -0.2) is 4.98 Å². The molecule has 0 atom stereocenters.